The summed E-state index contributed by atoms with van der Waals surface area (Å²) in [6.07, 6.45) is 3.86. The summed E-state index contributed by atoms with van der Waals surface area (Å²) in [4.78, 5) is 24.8. The van der Waals surface area contributed by atoms with Crippen molar-refractivity contribution in [3.05, 3.63) is 29.8 Å². The second kappa shape index (κ2) is 7.82. The topological polar surface area (TPSA) is 66.8 Å². The van der Waals surface area contributed by atoms with Crippen LogP contribution in [0.1, 0.15) is 37.7 Å². The lowest BCUT2D eigenvalue weighted by Crippen LogP contribution is -2.36. The Morgan fingerprint density at radius 2 is 2.05 bits per heavy atom. The maximum atomic E-state index is 12.2. The van der Waals surface area contributed by atoms with Crippen molar-refractivity contribution < 1.29 is 19.4 Å². The molecule has 0 radical (unpaired) electrons. The van der Waals surface area contributed by atoms with E-state index in [-0.39, 0.29) is 18.4 Å². The predicted molar refractivity (Wildman–Crippen MR) is 82.9 cm³/mol. The van der Waals surface area contributed by atoms with Crippen LogP contribution in [-0.2, 0) is 16.0 Å². The van der Waals surface area contributed by atoms with Crippen LogP contribution in [0.15, 0.2) is 24.3 Å². The first-order valence-electron chi connectivity index (χ1n) is 7.74. The third kappa shape index (κ3) is 4.48. The number of carbonyl (C=O) groups excluding carboxylic acids is 1. The number of aliphatic carboxylic acids is 1. The molecule has 1 aromatic carbocycles. The van der Waals surface area contributed by atoms with Crippen molar-refractivity contribution in [1.82, 2.24) is 4.90 Å². The number of benzene rings is 1. The fraction of sp³-hybridized carbons (Fsp3) is 0.529. The van der Waals surface area contributed by atoms with Gasteiger partial charge in [-0.05, 0) is 43.4 Å². The smallest absolute Gasteiger partial charge is 0.305 e. The van der Waals surface area contributed by atoms with Crippen LogP contribution >= 0.6 is 0 Å². The van der Waals surface area contributed by atoms with Gasteiger partial charge in [-0.1, -0.05) is 12.1 Å². The van der Waals surface area contributed by atoms with E-state index in [0.717, 1.165) is 31.4 Å². The molecule has 1 aliphatic rings. The number of likely N-dealkylation sites (tertiary alicyclic amines) is 1. The number of hydrogen-bond donors (Lipinski definition) is 1. The zero-order chi connectivity index (χ0) is 15.9. The van der Waals surface area contributed by atoms with Crippen molar-refractivity contribution in [3.8, 4) is 5.75 Å². The number of carboxylic acids is 1. The van der Waals surface area contributed by atoms with Crippen LogP contribution in [0.4, 0.5) is 0 Å². The van der Waals surface area contributed by atoms with Crippen LogP contribution in [0.3, 0.4) is 0 Å². The van der Waals surface area contributed by atoms with Crippen LogP contribution in [0.25, 0.3) is 0 Å². The van der Waals surface area contributed by atoms with Gasteiger partial charge in [0.2, 0.25) is 5.91 Å². The molecule has 120 valence electrons. The van der Waals surface area contributed by atoms with Crippen molar-refractivity contribution in [3.63, 3.8) is 0 Å². The second-order valence-electron chi connectivity index (χ2n) is 5.68. The quantitative estimate of drug-likeness (QED) is 0.840. The van der Waals surface area contributed by atoms with E-state index in [9.17, 15) is 9.59 Å². The van der Waals surface area contributed by atoms with Crippen molar-refractivity contribution >= 4 is 11.9 Å². The highest BCUT2D eigenvalue weighted by molar-refractivity contribution is 5.78. The number of carbonyl (C=O) groups is 2. The molecule has 0 bridgehead atoms. The van der Waals surface area contributed by atoms with E-state index in [0.29, 0.717) is 13.0 Å². The molecule has 0 spiro atoms. The lowest BCUT2D eigenvalue weighted by molar-refractivity contribution is -0.139. The number of aryl methyl sites for hydroxylation is 1. The van der Waals surface area contributed by atoms with E-state index in [1.807, 2.05) is 24.3 Å². The Labute approximate surface area is 130 Å². The number of ether oxygens (including phenoxy) is 1. The molecule has 5 nitrogen and oxygen atoms in total. The molecule has 0 aromatic heterocycles. The molecule has 22 heavy (non-hydrogen) atoms. The number of hydrogen-bond acceptors (Lipinski definition) is 3. The monoisotopic (exact) mass is 305 g/mol. The maximum Gasteiger partial charge on any atom is 0.305 e. The third-order valence-corrected chi connectivity index (χ3v) is 4.12. The minimum absolute atomic E-state index is 0.0597. The van der Waals surface area contributed by atoms with Crippen LogP contribution < -0.4 is 4.74 Å². The highest BCUT2D eigenvalue weighted by atomic mass is 16.5. The van der Waals surface area contributed by atoms with Gasteiger partial charge in [0.05, 0.1) is 13.5 Å². The zero-order valence-electron chi connectivity index (χ0n) is 13.0. The van der Waals surface area contributed by atoms with Crippen molar-refractivity contribution in [2.45, 2.75) is 44.6 Å². The number of rotatable bonds is 7. The third-order valence-electron chi connectivity index (χ3n) is 4.12. The molecular weight excluding hydrogens is 282 g/mol. The van der Waals surface area contributed by atoms with E-state index in [4.69, 9.17) is 9.84 Å². The average Bonchev–Trinajstić information content (AvgIpc) is 2.95. The van der Waals surface area contributed by atoms with Crippen LogP contribution in [0.5, 0.6) is 5.75 Å². The van der Waals surface area contributed by atoms with Gasteiger partial charge in [-0.3, -0.25) is 9.59 Å². The SMILES string of the molecule is COc1ccc(CCCC(=O)N2CCCC2CC(=O)O)cc1. The molecule has 5 heteroatoms. The van der Waals surface area contributed by atoms with Gasteiger partial charge < -0.3 is 14.7 Å². The van der Waals surface area contributed by atoms with Crippen molar-refractivity contribution in [2.75, 3.05) is 13.7 Å². The molecule has 1 aromatic rings. The Balaban J connectivity index is 1.78. The molecule has 1 atom stereocenters. The molecule has 1 N–H and O–H groups in total. The minimum atomic E-state index is -0.831. The van der Waals surface area contributed by atoms with E-state index in [2.05, 4.69) is 0 Å². The molecule has 2 rings (SSSR count). The number of methoxy groups -OCH3 is 1. The van der Waals surface area contributed by atoms with E-state index in [1.165, 1.54) is 5.56 Å². The Morgan fingerprint density at radius 3 is 2.68 bits per heavy atom. The van der Waals surface area contributed by atoms with Gasteiger partial charge in [0.25, 0.3) is 0 Å². The Morgan fingerprint density at radius 1 is 1.32 bits per heavy atom. The van der Waals surface area contributed by atoms with Crippen LogP contribution in [-0.4, -0.2) is 41.6 Å². The Bertz CT molecular complexity index is 512. The van der Waals surface area contributed by atoms with Gasteiger partial charge in [0.15, 0.2) is 0 Å². The van der Waals surface area contributed by atoms with Crippen LogP contribution in [0, 0.1) is 0 Å². The molecule has 1 unspecified atom stereocenters. The molecule has 0 saturated carbocycles. The van der Waals surface area contributed by atoms with Crippen molar-refractivity contribution in [1.29, 1.82) is 0 Å². The number of nitrogens with zero attached hydrogens (tertiary/aromatic N) is 1. The number of amides is 1. The highest BCUT2D eigenvalue weighted by Gasteiger charge is 2.29. The lowest BCUT2D eigenvalue weighted by Gasteiger charge is -2.23. The minimum Gasteiger partial charge on any atom is -0.497 e. The fourth-order valence-electron chi connectivity index (χ4n) is 2.96. The van der Waals surface area contributed by atoms with Crippen molar-refractivity contribution in [2.24, 2.45) is 0 Å². The molecule has 0 aliphatic carbocycles. The van der Waals surface area contributed by atoms with Gasteiger partial charge in [0.1, 0.15) is 5.75 Å². The van der Waals surface area contributed by atoms with Gasteiger partial charge in [0, 0.05) is 19.0 Å². The summed E-state index contributed by atoms with van der Waals surface area (Å²) < 4.78 is 5.11. The van der Waals surface area contributed by atoms with E-state index in [1.54, 1.807) is 12.0 Å². The normalized spacial score (nSPS) is 17.5. The van der Waals surface area contributed by atoms with Crippen LogP contribution in [0.2, 0.25) is 0 Å². The van der Waals surface area contributed by atoms with Gasteiger partial charge in [-0.25, -0.2) is 0 Å². The molecule has 1 fully saturated rings. The fourth-order valence-corrected chi connectivity index (χ4v) is 2.96. The molecule has 1 amide bonds. The summed E-state index contributed by atoms with van der Waals surface area (Å²) in [5.41, 5.74) is 1.18. The summed E-state index contributed by atoms with van der Waals surface area (Å²) in [6.45, 7) is 0.694. The first-order valence-corrected chi connectivity index (χ1v) is 7.74. The number of carboxylic acid groups (broad SMARTS) is 1. The van der Waals surface area contributed by atoms with Gasteiger partial charge in [-0.2, -0.15) is 0 Å². The van der Waals surface area contributed by atoms with E-state index >= 15 is 0 Å². The molecule has 1 heterocycles. The summed E-state index contributed by atoms with van der Waals surface area (Å²) in [5.74, 6) is 0.0774. The first kappa shape index (κ1) is 16.3. The molecule has 1 saturated heterocycles. The summed E-state index contributed by atoms with van der Waals surface area (Å²) in [6, 6.07) is 7.73. The maximum absolute atomic E-state index is 12.2. The Hall–Kier alpha value is -2.04. The zero-order valence-corrected chi connectivity index (χ0v) is 13.0. The van der Waals surface area contributed by atoms with Gasteiger partial charge in [-0.15, -0.1) is 0 Å². The summed E-state index contributed by atoms with van der Waals surface area (Å²) in [5, 5.41) is 8.89. The Kier molecular flexibility index (Phi) is 5.81. The standard InChI is InChI=1S/C17H23NO4/c1-22-15-9-7-13(8-10-15)4-2-6-16(19)18-11-3-5-14(18)12-17(20)21/h7-10,14H,2-6,11-12H2,1H3,(H,20,21). The average molecular weight is 305 g/mol. The summed E-state index contributed by atoms with van der Waals surface area (Å²) in [7, 11) is 1.64. The second-order valence-corrected chi connectivity index (χ2v) is 5.68. The summed E-state index contributed by atoms with van der Waals surface area (Å²) >= 11 is 0. The predicted octanol–water partition coefficient (Wildman–Crippen LogP) is 2.48. The van der Waals surface area contributed by atoms with Gasteiger partial charge >= 0.3 is 5.97 Å². The first-order chi connectivity index (χ1) is 10.6. The highest BCUT2D eigenvalue weighted by Crippen LogP contribution is 2.22. The van der Waals surface area contributed by atoms with E-state index < -0.39 is 5.97 Å². The molecular formula is C17H23NO4. The molecule has 1 aliphatic heterocycles. The lowest BCUT2D eigenvalue weighted by atomic mass is 10.1. The largest absolute Gasteiger partial charge is 0.497 e.